The summed E-state index contributed by atoms with van der Waals surface area (Å²) < 4.78 is 0. The highest BCUT2D eigenvalue weighted by molar-refractivity contribution is 6.29. The Morgan fingerprint density at radius 3 is 2.86 bits per heavy atom. The average Bonchev–Trinajstić information content (AvgIpc) is 3.01. The van der Waals surface area contributed by atoms with E-state index < -0.39 is 0 Å². The number of nitrogens with one attached hydrogen (secondary N) is 2. The van der Waals surface area contributed by atoms with Gasteiger partial charge in [0.1, 0.15) is 11.0 Å². The fraction of sp³-hybridized carbons (Fsp3) is 0.231. The summed E-state index contributed by atoms with van der Waals surface area (Å²) in [6.07, 6.45) is 1.40. The summed E-state index contributed by atoms with van der Waals surface area (Å²) in [5, 5.41) is 9.97. The highest BCUT2D eigenvalue weighted by atomic mass is 35.5. The van der Waals surface area contributed by atoms with E-state index in [1.165, 1.54) is 13.1 Å². The molecule has 7 nitrogen and oxygen atoms in total. The Balaban J connectivity index is 1.77. The molecule has 0 unspecified atom stereocenters. The lowest BCUT2D eigenvalue weighted by atomic mass is 10.2. The van der Waals surface area contributed by atoms with Gasteiger partial charge in [0.2, 0.25) is 5.91 Å². The molecule has 2 aromatic heterocycles. The van der Waals surface area contributed by atoms with Crippen LogP contribution in [0.3, 0.4) is 0 Å². The van der Waals surface area contributed by atoms with Crippen LogP contribution < -0.4 is 5.32 Å². The average molecular weight is 306 g/mol. The van der Waals surface area contributed by atoms with Crippen molar-refractivity contribution in [1.29, 1.82) is 0 Å². The van der Waals surface area contributed by atoms with Gasteiger partial charge in [-0.2, -0.15) is 5.10 Å². The first kappa shape index (κ1) is 13.6. The summed E-state index contributed by atoms with van der Waals surface area (Å²) in [6, 6.07) is 3.13. The normalized spacial score (nSPS) is 13.1. The van der Waals surface area contributed by atoms with E-state index in [0.717, 1.165) is 11.3 Å². The van der Waals surface area contributed by atoms with Crippen LogP contribution in [0.25, 0.3) is 0 Å². The van der Waals surface area contributed by atoms with Gasteiger partial charge in [-0.1, -0.05) is 11.6 Å². The maximum absolute atomic E-state index is 12.1. The number of aromatic nitrogens is 3. The minimum atomic E-state index is -0.313. The van der Waals surface area contributed by atoms with Crippen molar-refractivity contribution < 1.29 is 9.59 Å². The third-order valence-corrected chi connectivity index (χ3v) is 3.54. The summed E-state index contributed by atoms with van der Waals surface area (Å²) >= 11 is 5.69. The van der Waals surface area contributed by atoms with Crippen LogP contribution in [0.5, 0.6) is 0 Å². The van der Waals surface area contributed by atoms with E-state index in [1.54, 1.807) is 17.0 Å². The number of hydrogen-bond donors (Lipinski definition) is 2. The molecule has 3 heterocycles. The van der Waals surface area contributed by atoms with Crippen molar-refractivity contribution >= 4 is 29.2 Å². The highest BCUT2D eigenvalue weighted by Gasteiger charge is 2.27. The predicted octanol–water partition coefficient (Wildman–Crippen LogP) is 1.57. The topological polar surface area (TPSA) is 91.0 Å². The Morgan fingerprint density at radius 2 is 2.19 bits per heavy atom. The fourth-order valence-corrected chi connectivity index (χ4v) is 2.26. The van der Waals surface area contributed by atoms with E-state index in [1.807, 2.05) is 0 Å². The van der Waals surface area contributed by atoms with Crippen LogP contribution in [0.1, 0.15) is 28.5 Å². The monoisotopic (exact) mass is 305 g/mol. The SMILES string of the molecule is CC(=O)N1Cc2n[nH]c(NC(=O)c3ccc(Cl)nc3)c2C1. The summed E-state index contributed by atoms with van der Waals surface area (Å²) in [5.74, 6) is 0.174. The summed E-state index contributed by atoms with van der Waals surface area (Å²) in [6.45, 7) is 2.41. The van der Waals surface area contributed by atoms with Crippen LogP contribution in [0.4, 0.5) is 5.82 Å². The molecule has 108 valence electrons. The Labute approximate surface area is 125 Å². The van der Waals surface area contributed by atoms with Gasteiger partial charge < -0.3 is 10.2 Å². The molecule has 0 radical (unpaired) electrons. The lowest BCUT2D eigenvalue weighted by Crippen LogP contribution is -2.23. The number of halogens is 1. The zero-order valence-corrected chi connectivity index (χ0v) is 11.9. The maximum Gasteiger partial charge on any atom is 0.258 e. The zero-order valence-electron chi connectivity index (χ0n) is 11.2. The molecule has 1 aliphatic heterocycles. The summed E-state index contributed by atoms with van der Waals surface area (Å²) in [7, 11) is 0. The van der Waals surface area contributed by atoms with Gasteiger partial charge in [-0.15, -0.1) is 0 Å². The van der Waals surface area contributed by atoms with E-state index in [2.05, 4.69) is 20.5 Å². The van der Waals surface area contributed by atoms with Crippen molar-refractivity contribution in [3.8, 4) is 0 Å². The molecule has 2 amide bonds. The van der Waals surface area contributed by atoms with Crippen LogP contribution in [0, 0.1) is 0 Å². The number of carbonyl (C=O) groups is 2. The van der Waals surface area contributed by atoms with Crippen molar-refractivity contribution in [3.63, 3.8) is 0 Å². The molecule has 8 heteroatoms. The number of nitrogens with zero attached hydrogens (tertiary/aromatic N) is 3. The molecule has 0 saturated heterocycles. The Bertz CT molecular complexity index is 710. The third-order valence-electron chi connectivity index (χ3n) is 3.32. The Morgan fingerprint density at radius 1 is 1.38 bits per heavy atom. The first-order chi connectivity index (χ1) is 10.0. The fourth-order valence-electron chi connectivity index (χ4n) is 2.15. The number of fused-ring (bicyclic) bond motifs is 1. The van der Waals surface area contributed by atoms with Crippen molar-refractivity contribution in [2.75, 3.05) is 5.32 Å². The standard InChI is InChI=1S/C13H12ClN5O2/c1-7(20)19-5-9-10(6-19)17-18-12(9)16-13(21)8-2-3-11(14)15-4-8/h2-4H,5-6H2,1H3,(H2,16,17,18,21). The minimum absolute atomic E-state index is 0.0211. The molecule has 0 fully saturated rings. The summed E-state index contributed by atoms with van der Waals surface area (Å²) in [4.78, 5) is 29.0. The maximum atomic E-state index is 12.1. The molecule has 21 heavy (non-hydrogen) atoms. The van der Waals surface area contributed by atoms with Crippen LogP contribution in [0.2, 0.25) is 5.15 Å². The number of pyridine rings is 1. The van der Waals surface area contributed by atoms with E-state index in [9.17, 15) is 9.59 Å². The number of rotatable bonds is 2. The van der Waals surface area contributed by atoms with E-state index in [-0.39, 0.29) is 11.8 Å². The van der Waals surface area contributed by atoms with Crippen LogP contribution in [-0.2, 0) is 17.9 Å². The lowest BCUT2D eigenvalue weighted by molar-refractivity contribution is -0.129. The second kappa shape index (κ2) is 5.17. The number of aromatic amines is 1. The zero-order chi connectivity index (χ0) is 15.0. The molecule has 0 aromatic carbocycles. The third kappa shape index (κ3) is 2.59. The van der Waals surface area contributed by atoms with Gasteiger partial charge in [0.15, 0.2) is 0 Å². The predicted molar refractivity (Wildman–Crippen MR) is 75.7 cm³/mol. The molecule has 3 rings (SSSR count). The molecule has 1 aliphatic rings. The van der Waals surface area contributed by atoms with E-state index in [4.69, 9.17) is 11.6 Å². The lowest BCUT2D eigenvalue weighted by Gasteiger charge is -2.12. The van der Waals surface area contributed by atoms with Crippen LogP contribution in [-0.4, -0.2) is 31.9 Å². The molecule has 0 aliphatic carbocycles. The van der Waals surface area contributed by atoms with Gasteiger partial charge in [-0.25, -0.2) is 4.98 Å². The van der Waals surface area contributed by atoms with Crippen molar-refractivity contribution in [2.24, 2.45) is 0 Å². The molecule has 2 aromatic rings. The first-order valence-corrected chi connectivity index (χ1v) is 6.67. The molecule has 2 N–H and O–H groups in total. The van der Waals surface area contributed by atoms with Gasteiger partial charge in [-0.3, -0.25) is 14.7 Å². The van der Waals surface area contributed by atoms with Gasteiger partial charge in [-0.05, 0) is 12.1 Å². The van der Waals surface area contributed by atoms with Crippen molar-refractivity contribution in [2.45, 2.75) is 20.0 Å². The van der Waals surface area contributed by atoms with Crippen molar-refractivity contribution in [3.05, 3.63) is 40.3 Å². The molecule has 0 atom stereocenters. The largest absolute Gasteiger partial charge is 0.332 e. The van der Waals surface area contributed by atoms with Gasteiger partial charge in [0.25, 0.3) is 5.91 Å². The van der Waals surface area contributed by atoms with Gasteiger partial charge in [0.05, 0.1) is 24.3 Å². The second-order valence-electron chi connectivity index (χ2n) is 4.72. The van der Waals surface area contributed by atoms with Crippen LogP contribution >= 0.6 is 11.6 Å². The Hall–Kier alpha value is -2.41. The first-order valence-electron chi connectivity index (χ1n) is 6.29. The van der Waals surface area contributed by atoms with E-state index >= 15 is 0 Å². The number of carbonyl (C=O) groups excluding carboxylic acids is 2. The minimum Gasteiger partial charge on any atom is -0.332 e. The quantitative estimate of drug-likeness (QED) is 0.824. The van der Waals surface area contributed by atoms with Gasteiger partial charge >= 0.3 is 0 Å². The second-order valence-corrected chi connectivity index (χ2v) is 5.11. The van der Waals surface area contributed by atoms with Crippen LogP contribution in [0.15, 0.2) is 18.3 Å². The van der Waals surface area contributed by atoms with E-state index in [0.29, 0.717) is 29.6 Å². The molecular formula is C13H12ClN5O2. The summed E-state index contributed by atoms with van der Waals surface area (Å²) in [5.41, 5.74) is 2.00. The van der Waals surface area contributed by atoms with Gasteiger partial charge in [0, 0.05) is 18.7 Å². The molecule has 0 saturated carbocycles. The molecular weight excluding hydrogens is 294 g/mol. The number of H-pyrrole nitrogens is 1. The highest BCUT2D eigenvalue weighted by Crippen LogP contribution is 2.27. The number of amides is 2. The molecule has 0 bridgehead atoms. The Kier molecular flexibility index (Phi) is 3.34. The number of anilines is 1. The van der Waals surface area contributed by atoms with Crippen molar-refractivity contribution in [1.82, 2.24) is 20.1 Å². The number of hydrogen-bond acceptors (Lipinski definition) is 4. The molecule has 0 spiro atoms. The smallest absolute Gasteiger partial charge is 0.258 e.